The molecule has 1 rings (SSSR count). The van der Waals surface area contributed by atoms with Gasteiger partial charge in [0.1, 0.15) is 0 Å². The summed E-state index contributed by atoms with van der Waals surface area (Å²) >= 11 is 0. The van der Waals surface area contributed by atoms with Crippen molar-refractivity contribution < 1.29 is 5.11 Å². The number of hydrogen-bond acceptors (Lipinski definition) is 3. The average molecular weight is 158 g/mol. The van der Waals surface area contributed by atoms with Crippen molar-refractivity contribution in [1.29, 1.82) is 0 Å². The topological polar surface area (TPSA) is 58.3 Å². The monoisotopic (exact) mass is 158 g/mol. The Hall–Kier alpha value is -0.120. The summed E-state index contributed by atoms with van der Waals surface area (Å²) in [6.45, 7) is 2.20. The standard InChI is InChI=1S/C8H18N2O/c1-6(5-11)10-8-3-2-7(9)4-8/h6-8,10-11H,2-5,9H2,1H3. The number of rotatable bonds is 3. The van der Waals surface area contributed by atoms with Crippen molar-refractivity contribution in [3.63, 3.8) is 0 Å². The third-order valence-electron chi connectivity index (χ3n) is 2.27. The fraction of sp³-hybridized carbons (Fsp3) is 1.00. The number of nitrogens with two attached hydrogens (primary N) is 1. The lowest BCUT2D eigenvalue weighted by Gasteiger charge is -2.16. The Labute approximate surface area is 68.0 Å². The molecule has 3 atom stereocenters. The van der Waals surface area contributed by atoms with Gasteiger partial charge in [0.25, 0.3) is 0 Å². The van der Waals surface area contributed by atoms with Crippen molar-refractivity contribution in [2.24, 2.45) is 5.73 Å². The summed E-state index contributed by atoms with van der Waals surface area (Å²) in [5.41, 5.74) is 5.74. The molecule has 11 heavy (non-hydrogen) atoms. The zero-order valence-corrected chi connectivity index (χ0v) is 7.09. The largest absolute Gasteiger partial charge is 0.395 e. The fourth-order valence-corrected chi connectivity index (χ4v) is 1.62. The van der Waals surface area contributed by atoms with Gasteiger partial charge in [-0.2, -0.15) is 0 Å². The lowest BCUT2D eigenvalue weighted by molar-refractivity contribution is 0.240. The SMILES string of the molecule is CC(CO)NC1CCC(N)C1. The molecule has 0 aliphatic heterocycles. The summed E-state index contributed by atoms with van der Waals surface area (Å²) in [5.74, 6) is 0. The van der Waals surface area contributed by atoms with E-state index in [0.29, 0.717) is 12.1 Å². The minimum Gasteiger partial charge on any atom is -0.395 e. The van der Waals surface area contributed by atoms with E-state index in [2.05, 4.69) is 5.32 Å². The molecule has 0 aromatic rings. The highest BCUT2D eigenvalue weighted by atomic mass is 16.3. The highest BCUT2D eigenvalue weighted by Gasteiger charge is 2.22. The van der Waals surface area contributed by atoms with Crippen molar-refractivity contribution in [1.82, 2.24) is 5.32 Å². The Morgan fingerprint density at radius 3 is 2.82 bits per heavy atom. The van der Waals surface area contributed by atoms with Crippen LogP contribution < -0.4 is 11.1 Å². The first-order valence-corrected chi connectivity index (χ1v) is 4.35. The van der Waals surface area contributed by atoms with Crippen LogP contribution in [0.25, 0.3) is 0 Å². The maximum absolute atomic E-state index is 8.77. The van der Waals surface area contributed by atoms with Crippen LogP contribution in [-0.4, -0.2) is 29.8 Å². The molecule has 0 heterocycles. The molecule has 4 N–H and O–H groups in total. The normalized spacial score (nSPS) is 34.1. The Morgan fingerprint density at radius 1 is 1.64 bits per heavy atom. The van der Waals surface area contributed by atoms with Crippen LogP contribution in [0, 0.1) is 0 Å². The lowest BCUT2D eigenvalue weighted by atomic mass is 10.2. The molecule has 1 saturated carbocycles. The van der Waals surface area contributed by atoms with Crippen molar-refractivity contribution in [3.8, 4) is 0 Å². The van der Waals surface area contributed by atoms with Gasteiger partial charge in [0.15, 0.2) is 0 Å². The van der Waals surface area contributed by atoms with Gasteiger partial charge >= 0.3 is 0 Å². The molecule has 0 bridgehead atoms. The summed E-state index contributed by atoms with van der Waals surface area (Å²) < 4.78 is 0. The molecule has 0 radical (unpaired) electrons. The summed E-state index contributed by atoms with van der Waals surface area (Å²) in [5, 5.41) is 12.1. The van der Waals surface area contributed by atoms with Crippen molar-refractivity contribution in [2.45, 2.75) is 44.3 Å². The highest BCUT2D eigenvalue weighted by Crippen LogP contribution is 2.17. The maximum atomic E-state index is 8.77. The van der Waals surface area contributed by atoms with E-state index >= 15 is 0 Å². The van der Waals surface area contributed by atoms with Crippen molar-refractivity contribution >= 4 is 0 Å². The van der Waals surface area contributed by atoms with Gasteiger partial charge in [-0.05, 0) is 26.2 Å². The van der Waals surface area contributed by atoms with E-state index in [1.54, 1.807) is 0 Å². The van der Waals surface area contributed by atoms with E-state index in [-0.39, 0.29) is 12.6 Å². The summed E-state index contributed by atoms with van der Waals surface area (Å²) in [7, 11) is 0. The van der Waals surface area contributed by atoms with Crippen LogP contribution in [0.3, 0.4) is 0 Å². The molecule has 66 valence electrons. The van der Waals surface area contributed by atoms with Crippen LogP contribution in [-0.2, 0) is 0 Å². The van der Waals surface area contributed by atoms with Gasteiger partial charge < -0.3 is 16.2 Å². The van der Waals surface area contributed by atoms with Crippen LogP contribution in [0.1, 0.15) is 26.2 Å². The molecule has 0 amide bonds. The van der Waals surface area contributed by atoms with Crippen molar-refractivity contribution in [3.05, 3.63) is 0 Å². The third-order valence-corrected chi connectivity index (χ3v) is 2.27. The Kier molecular flexibility index (Phi) is 3.30. The number of aliphatic hydroxyl groups excluding tert-OH is 1. The van der Waals surface area contributed by atoms with Gasteiger partial charge in [0, 0.05) is 18.1 Å². The van der Waals surface area contributed by atoms with E-state index in [0.717, 1.165) is 19.3 Å². The zero-order valence-electron chi connectivity index (χ0n) is 7.09. The first-order valence-electron chi connectivity index (χ1n) is 4.35. The molecule has 3 heteroatoms. The highest BCUT2D eigenvalue weighted by molar-refractivity contribution is 4.83. The van der Waals surface area contributed by atoms with Gasteiger partial charge in [-0.3, -0.25) is 0 Å². The number of hydrogen-bond donors (Lipinski definition) is 3. The van der Waals surface area contributed by atoms with E-state index in [1.165, 1.54) is 0 Å². The molecule has 1 aliphatic rings. The van der Waals surface area contributed by atoms with E-state index < -0.39 is 0 Å². The lowest BCUT2D eigenvalue weighted by Crippen LogP contribution is -2.37. The van der Waals surface area contributed by atoms with E-state index in [1.807, 2.05) is 6.92 Å². The van der Waals surface area contributed by atoms with Crippen LogP contribution >= 0.6 is 0 Å². The zero-order chi connectivity index (χ0) is 8.27. The van der Waals surface area contributed by atoms with E-state index in [9.17, 15) is 0 Å². The molecule has 1 fully saturated rings. The Morgan fingerprint density at radius 2 is 2.36 bits per heavy atom. The summed E-state index contributed by atoms with van der Waals surface area (Å²) in [6, 6.07) is 1.12. The number of aliphatic hydroxyl groups is 1. The first-order chi connectivity index (χ1) is 5.22. The predicted octanol–water partition coefficient (Wildman–Crippen LogP) is -0.163. The average Bonchev–Trinajstić information content (AvgIpc) is 2.35. The number of nitrogens with one attached hydrogen (secondary N) is 1. The molecule has 0 aromatic heterocycles. The maximum Gasteiger partial charge on any atom is 0.0582 e. The fourth-order valence-electron chi connectivity index (χ4n) is 1.62. The van der Waals surface area contributed by atoms with Crippen LogP contribution in [0.15, 0.2) is 0 Å². The molecule has 1 aliphatic carbocycles. The van der Waals surface area contributed by atoms with Gasteiger partial charge in [-0.15, -0.1) is 0 Å². The van der Waals surface area contributed by atoms with Crippen LogP contribution in [0.2, 0.25) is 0 Å². The van der Waals surface area contributed by atoms with Gasteiger partial charge in [-0.1, -0.05) is 0 Å². The minimum absolute atomic E-state index is 0.213. The molecule has 0 aromatic carbocycles. The van der Waals surface area contributed by atoms with Gasteiger partial charge in [0.05, 0.1) is 6.61 Å². The van der Waals surface area contributed by atoms with Gasteiger partial charge in [-0.25, -0.2) is 0 Å². The third kappa shape index (κ3) is 2.77. The molecular formula is C8H18N2O. The van der Waals surface area contributed by atoms with Gasteiger partial charge in [0.2, 0.25) is 0 Å². The second-order valence-electron chi connectivity index (χ2n) is 3.52. The molecule has 0 spiro atoms. The second kappa shape index (κ2) is 4.04. The minimum atomic E-state index is 0.213. The van der Waals surface area contributed by atoms with Crippen LogP contribution in [0.4, 0.5) is 0 Å². The summed E-state index contributed by atoms with van der Waals surface area (Å²) in [6.07, 6.45) is 3.34. The van der Waals surface area contributed by atoms with Crippen molar-refractivity contribution in [2.75, 3.05) is 6.61 Å². The Bertz CT molecular complexity index is 119. The second-order valence-corrected chi connectivity index (χ2v) is 3.52. The molecular weight excluding hydrogens is 140 g/mol. The first kappa shape index (κ1) is 8.97. The molecule has 3 nitrogen and oxygen atoms in total. The van der Waals surface area contributed by atoms with Crippen LogP contribution in [0.5, 0.6) is 0 Å². The predicted molar refractivity (Wildman–Crippen MR) is 45.3 cm³/mol. The quantitative estimate of drug-likeness (QED) is 0.535. The smallest absolute Gasteiger partial charge is 0.0582 e. The Balaban J connectivity index is 2.17. The summed E-state index contributed by atoms with van der Waals surface area (Å²) in [4.78, 5) is 0. The van der Waals surface area contributed by atoms with E-state index in [4.69, 9.17) is 10.8 Å². The molecule has 3 unspecified atom stereocenters. The molecule has 0 saturated heterocycles.